The first-order valence-electron chi connectivity index (χ1n) is 9.81. The molecule has 2 aromatic rings. The molecular formula is C23H30N2O3. The third-order valence-electron chi connectivity index (χ3n) is 4.27. The van der Waals surface area contributed by atoms with Gasteiger partial charge in [-0.05, 0) is 56.5 Å². The van der Waals surface area contributed by atoms with Gasteiger partial charge in [-0.2, -0.15) is 0 Å². The molecule has 0 saturated carbocycles. The maximum absolute atomic E-state index is 12.1. The molecule has 2 aromatic carbocycles. The molecule has 150 valence electrons. The van der Waals surface area contributed by atoms with Gasteiger partial charge < -0.3 is 15.0 Å². The number of aryl methyl sites for hydroxylation is 1. The largest absolute Gasteiger partial charge is 0.491 e. The van der Waals surface area contributed by atoms with E-state index < -0.39 is 0 Å². The number of carbonyl (C=O) groups excluding carboxylic acids is 2. The smallest absolute Gasteiger partial charge is 0.223 e. The zero-order valence-electron chi connectivity index (χ0n) is 17.0. The van der Waals surface area contributed by atoms with E-state index >= 15 is 0 Å². The summed E-state index contributed by atoms with van der Waals surface area (Å²) in [6, 6.07) is 17.6. The molecule has 0 aliphatic heterocycles. The summed E-state index contributed by atoms with van der Waals surface area (Å²) in [6.07, 6.45) is 2.20. The Morgan fingerprint density at radius 1 is 1.04 bits per heavy atom. The summed E-state index contributed by atoms with van der Waals surface area (Å²) in [5, 5.41) is 2.93. The predicted molar refractivity (Wildman–Crippen MR) is 113 cm³/mol. The Hall–Kier alpha value is -2.82. The lowest BCUT2D eigenvalue weighted by Crippen LogP contribution is -2.34. The number of nitrogens with one attached hydrogen (secondary N) is 1. The van der Waals surface area contributed by atoms with Crippen molar-refractivity contribution in [3.05, 3.63) is 60.2 Å². The monoisotopic (exact) mass is 382 g/mol. The van der Waals surface area contributed by atoms with Gasteiger partial charge in [0.1, 0.15) is 5.75 Å². The van der Waals surface area contributed by atoms with Crippen LogP contribution in [-0.2, 0) is 16.0 Å². The Balaban J connectivity index is 1.77. The molecule has 28 heavy (non-hydrogen) atoms. The second-order valence-electron chi connectivity index (χ2n) is 7.02. The molecule has 0 saturated heterocycles. The second kappa shape index (κ2) is 11.1. The van der Waals surface area contributed by atoms with E-state index in [1.54, 1.807) is 4.90 Å². The molecule has 5 heteroatoms. The van der Waals surface area contributed by atoms with Gasteiger partial charge >= 0.3 is 0 Å². The van der Waals surface area contributed by atoms with Crippen LogP contribution >= 0.6 is 0 Å². The fraction of sp³-hybridized carbons (Fsp3) is 0.391. The maximum atomic E-state index is 12.1. The van der Waals surface area contributed by atoms with Gasteiger partial charge in [0.05, 0.1) is 6.10 Å². The topological polar surface area (TPSA) is 58.6 Å². The van der Waals surface area contributed by atoms with Crippen LogP contribution in [0.15, 0.2) is 54.6 Å². The van der Waals surface area contributed by atoms with Crippen molar-refractivity contribution in [2.75, 3.05) is 18.0 Å². The van der Waals surface area contributed by atoms with E-state index in [9.17, 15) is 9.59 Å². The number of benzene rings is 2. The number of rotatable bonds is 10. The van der Waals surface area contributed by atoms with E-state index in [0.717, 1.165) is 24.3 Å². The van der Waals surface area contributed by atoms with Crippen molar-refractivity contribution < 1.29 is 14.3 Å². The quantitative estimate of drug-likeness (QED) is 0.633. The fourth-order valence-electron chi connectivity index (χ4n) is 2.91. The number of amides is 2. The number of nitrogens with zero attached hydrogens (tertiary/aromatic N) is 1. The molecule has 5 nitrogen and oxygen atoms in total. The van der Waals surface area contributed by atoms with Crippen LogP contribution in [0.1, 0.15) is 39.2 Å². The average molecular weight is 383 g/mol. The second-order valence-corrected chi connectivity index (χ2v) is 7.02. The van der Waals surface area contributed by atoms with Crippen LogP contribution in [0.3, 0.4) is 0 Å². The van der Waals surface area contributed by atoms with Crippen LogP contribution in [0, 0.1) is 0 Å². The highest BCUT2D eigenvalue weighted by Crippen LogP contribution is 2.20. The van der Waals surface area contributed by atoms with Crippen LogP contribution in [0.2, 0.25) is 0 Å². The molecule has 0 unspecified atom stereocenters. The molecule has 0 heterocycles. The Labute approximate surface area is 167 Å². The van der Waals surface area contributed by atoms with Gasteiger partial charge in [0.25, 0.3) is 0 Å². The van der Waals surface area contributed by atoms with Crippen LogP contribution in [0.5, 0.6) is 5.75 Å². The molecule has 0 atom stereocenters. The number of anilines is 1. The van der Waals surface area contributed by atoms with Crippen molar-refractivity contribution >= 4 is 17.5 Å². The van der Waals surface area contributed by atoms with E-state index in [2.05, 4.69) is 17.4 Å². The molecular weight excluding hydrogens is 352 g/mol. The Bertz CT molecular complexity index is 742. The minimum Gasteiger partial charge on any atom is -0.491 e. The summed E-state index contributed by atoms with van der Waals surface area (Å²) in [4.78, 5) is 25.7. The third-order valence-corrected chi connectivity index (χ3v) is 4.27. The summed E-state index contributed by atoms with van der Waals surface area (Å²) >= 11 is 0. The molecule has 2 amide bonds. The van der Waals surface area contributed by atoms with Crippen LogP contribution in [0.4, 0.5) is 5.69 Å². The Kier molecular flexibility index (Phi) is 8.53. The molecule has 0 fully saturated rings. The lowest BCUT2D eigenvalue weighted by Gasteiger charge is -2.21. The lowest BCUT2D eigenvalue weighted by molar-refractivity contribution is -0.121. The van der Waals surface area contributed by atoms with Crippen molar-refractivity contribution in [2.24, 2.45) is 0 Å². The van der Waals surface area contributed by atoms with Crippen molar-refractivity contribution in [1.29, 1.82) is 0 Å². The molecule has 0 spiro atoms. The van der Waals surface area contributed by atoms with Gasteiger partial charge in [0, 0.05) is 32.1 Å². The van der Waals surface area contributed by atoms with Crippen LogP contribution in [0.25, 0.3) is 0 Å². The molecule has 2 rings (SSSR count). The highest BCUT2D eigenvalue weighted by molar-refractivity contribution is 5.92. The minimum atomic E-state index is -0.0885. The zero-order chi connectivity index (χ0) is 20.4. The SMILES string of the molecule is CC(=O)N(CCC(=O)NCCCc1ccccc1)c1ccc(OC(C)C)cc1. The molecule has 0 bridgehead atoms. The molecule has 0 radical (unpaired) electrons. The first-order valence-corrected chi connectivity index (χ1v) is 9.81. The summed E-state index contributed by atoms with van der Waals surface area (Å²) in [5.41, 5.74) is 2.03. The lowest BCUT2D eigenvalue weighted by atomic mass is 10.1. The standard InChI is InChI=1S/C23H30N2O3/c1-18(2)28-22-13-11-21(12-14-22)25(19(3)26)17-15-23(27)24-16-7-10-20-8-5-4-6-9-20/h4-6,8-9,11-14,18H,7,10,15-17H2,1-3H3,(H,24,27). The first kappa shape index (κ1) is 21.5. The molecule has 1 N–H and O–H groups in total. The minimum absolute atomic E-state index is 0.0425. The number of hydrogen-bond donors (Lipinski definition) is 1. The number of carbonyl (C=O) groups is 2. The normalized spacial score (nSPS) is 10.6. The van der Waals surface area contributed by atoms with E-state index in [-0.39, 0.29) is 24.3 Å². The Morgan fingerprint density at radius 2 is 1.71 bits per heavy atom. The van der Waals surface area contributed by atoms with Crippen molar-refractivity contribution in [2.45, 2.75) is 46.1 Å². The third kappa shape index (κ3) is 7.43. The van der Waals surface area contributed by atoms with E-state index in [0.29, 0.717) is 13.1 Å². The number of ether oxygens (including phenoxy) is 1. The molecule has 0 aromatic heterocycles. The van der Waals surface area contributed by atoms with E-state index in [4.69, 9.17) is 4.74 Å². The highest BCUT2D eigenvalue weighted by Gasteiger charge is 2.13. The molecule has 0 aliphatic carbocycles. The van der Waals surface area contributed by atoms with Gasteiger partial charge in [0.2, 0.25) is 11.8 Å². The fourth-order valence-corrected chi connectivity index (χ4v) is 2.91. The van der Waals surface area contributed by atoms with Gasteiger partial charge in [0.15, 0.2) is 0 Å². The van der Waals surface area contributed by atoms with Gasteiger partial charge in [-0.1, -0.05) is 30.3 Å². The Morgan fingerprint density at radius 3 is 2.32 bits per heavy atom. The predicted octanol–water partition coefficient (Wildman–Crippen LogP) is 3.97. The first-order chi connectivity index (χ1) is 13.5. The zero-order valence-corrected chi connectivity index (χ0v) is 17.0. The van der Waals surface area contributed by atoms with Gasteiger partial charge in [-0.25, -0.2) is 0 Å². The molecule has 0 aliphatic rings. The van der Waals surface area contributed by atoms with Crippen molar-refractivity contribution in [3.8, 4) is 5.75 Å². The van der Waals surface area contributed by atoms with Gasteiger partial charge in [-0.3, -0.25) is 9.59 Å². The van der Waals surface area contributed by atoms with Crippen molar-refractivity contribution in [3.63, 3.8) is 0 Å². The van der Waals surface area contributed by atoms with Crippen molar-refractivity contribution in [1.82, 2.24) is 5.32 Å². The van der Waals surface area contributed by atoms with Crippen LogP contribution < -0.4 is 15.0 Å². The van der Waals surface area contributed by atoms with E-state index in [1.807, 2.05) is 56.3 Å². The summed E-state index contributed by atoms with van der Waals surface area (Å²) in [6.45, 7) is 6.43. The average Bonchev–Trinajstić information content (AvgIpc) is 2.67. The summed E-state index contributed by atoms with van der Waals surface area (Å²) < 4.78 is 5.63. The van der Waals surface area contributed by atoms with Gasteiger partial charge in [-0.15, -0.1) is 0 Å². The number of hydrogen-bond acceptors (Lipinski definition) is 3. The summed E-state index contributed by atoms with van der Waals surface area (Å²) in [7, 11) is 0. The van der Waals surface area contributed by atoms with E-state index in [1.165, 1.54) is 12.5 Å². The highest BCUT2D eigenvalue weighted by atomic mass is 16.5. The maximum Gasteiger partial charge on any atom is 0.223 e. The summed E-state index contributed by atoms with van der Waals surface area (Å²) in [5.74, 6) is 0.631. The van der Waals surface area contributed by atoms with Crippen LogP contribution in [-0.4, -0.2) is 31.0 Å².